The van der Waals surface area contributed by atoms with E-state index in [-0.39, 0.29) is 12.2 Å². The smallest absolute Gasteiger partial charge is 0.409 e. The molecule has 0 heterocycles. The lowest BCUT2D eigenvalue weighted by molar-refractivity contribution is 0.0674. The molecule has 1 aromatic rings. The Morgan fingerprint density at radius 2 is 1.95 bits per heavy atom. The highest BCUT2D eigenvalue weighted by molar-refractivity contribution is 5.67. The van der Waals surface area contributed by atoms with Crippen LogP contribution in [0.15, 0.2) is 30.3 Å². The van der Waals surface area contributed by atoms with Crippen LogP contribution in [0.4, 0.5) is 4.79 Å². The SMILES string of the molecule is CC(C)OCCCN(C)C(=O)OCc1ccccc1. The van der Waals surface area contributed by atoms with Gasteiger partial charge in [-0.1, -0.05) is 30.3 Å². The molecule has 0 atom stereocenters. The minimum Gasteiger partial charge on any atom is -0.445 e. The van der Waals surface area contributed by atoms with Crippen molar-refractivity contribution in [3.8, 4) is 0 Å². The fraction of sp³-hybridized carbons (Fsp3) is 0.533. The minimum atomic E-state index is -0.298. The van der Waals surface area contributed by atoms with Crippen LogP contribution in [0.1, 0.15) is 25.8 Å². The summed E-state index contributed by atoms with van der Waals surface area (Å²) in [6, 6.07) is 9.66. The fourth-order valence-corrected chi connectivity index (χ4v) is 1.54. The van der Waals surface area contributed by atoms with Crippen LogP contribution < -0.4 is 0 Å². The summed E-state index contributed by atoms with van der Waals surface area (Å²) in [5.74, 6) is 0. The molecule has 1 aromatic carbocycles. The zero-order valence-electron chi connectivity index (χ0n) is 12.0. The number of hydrogen-bond acceptors (Lipinski definition) is 3. The molecule has 0 radical (unpaired) electrons. The summed E-state index contributed by atoms with van der Waals surface area (Å²) in [6.45, 7) is 5.61. The van der Waals surface area contributed by atoms with Crippen molar-refractivity contribution in [1.29, 1.82) is 0 Å². The van der Waals surface area contributed by atoms with Crippen molar-refractivity contribution in [2.75, 3.05) is 20.2 Å². The van der Waals surface area contributed by atoms with Gasteiger partial charge in [-0.2, -0.15) is 0 Å². The van der Waals surface area contributed by atoms with Crippen molar-refractivity contribution >= 4 is 6.09 Å². The van der Waals surface area contributed by atoms with Gasteiger partial charge in [-0.3, -0.25) is 0 Å². The van der Waals surface area contributed by atoms with E-state index in [1.165, 1.54) is 0 Å². The first-order chi connectivity index (χ1) is 9.09. The molecule has 1 amide bonds. The molecule has 4 heteroatoms. The number of rotatable bonds is 7. The quantitative estimate of drug-likeness (QED) is 0.711. The maximum absolute atomic E-state index is 11.7. The second-order valence-electron chi connectivity index (χ2n) is 4.73. The van der Waals surface area contributed by atoms with Crippen LogP contribution in [0.3, 0.4) is 0 Å². The van der Waals surface area contributed by atoms with Crippen molar-refractivity contribution in [2.45, 2.75) is 33.0 Å². The number of ether oxygens (including phenoxy) is 2. The van der Waals surface area contributed by atoms with Crippen LogP contribution in [0.25, 0.3) is 0 Å². The molecule has 1 rings (SSSR count). The first kappa shape index (κ1) is 15.5. The maximum atomic E-state index is 11.7. The highest BCUT2D eigenvalue weighted by atomic mass is 16.6. The van der Waals surface area contributed by atoms with Crippen LogP contribution in [-0.4, -0.2) is 37.3 Å². The van der Waals surface area contributed by atoms with Crippen LogP contribution in [0.2, 0.25) is 0 Å². The normalized spacial score (nSPS) is 10.5. The van der Waals surface area contributed by atoms with E-state index in [0.717, 1.165) is 12.0 Å². The summed E-state index contributed by atoms with van der Waals surface area (Å²) in [5, 5.41) is 0. The number of benzene rings is 1. The average molecular weight is 265 g/mol. The molecule has 0 saturated heterocycles. The second kappa shape index (κ2) is 8.53. The fourth-order valence-electron chi connectivity index (χ4n) is 1.54. The monoisotopic (exact) mass is 265 g/mol. The molecule has 0 aromatic heterocycles. The Hall–Kier alpha value is -1.55. The Bertz CT molecular complexity index is 365. The van der Waals surface area contributed by atoms with Crippen molar-refractivity contribution in [3.63, 3.8) is 0 Å². The molecule has 0 N–H and O–H groups in total. The van der Waals surface area contributed by atoms with Crippen LogP contribution in [-0.2, 0) is 16.1 Å². The van der Waals surface area contributed by atoms with Gasteiger partial charge in [0, 0.05) is 20.2 Å². The molecule has 19 heavy (non-hydrogen) atoms. The van der Waals surface area contributed by atoms with E-state index < -0.39 is 0 Å². The first-order valence-corrected chi connectivity index (χ1v) is 6.63. The van der Waals surface area contributed by atoms with E-state index in [1.54, 1.807) is 11.9 Å². The van der Waals surface area contributed by atoms with Crippen molar-refractivity contribution in [1.82, 2.24) is 4.90 Å². The van der Waals surface area contributed by atoms with Gasteiger partial charge >= 0.3 is 6.09 Å². The Morgan fingerprint density at radius 3 is 2.58 bits per heavy atom. The summed E-state index contributed by atoms with van der Waals surface area (Å²) in [6.07, 6.45) is 0.749. The summed E-state index contributed by atoms with van der Waals surface area (Å²) < 4.78 is 10.6. The Balaban J connectivity index is 2.18. The predicted molar refractivity (Wildman–Crippen MR) is 75.0 cm³/mol. The van der Waals surface area contributed by atoms with Gasteiger partial charge < -0.3 is 14.4 Å². The predicted octanol–water partition coefficient (Wildman–Crippen LogP) is 3.07. The van der Waals surface area contributed by atoms with Crippen LogP contribution >= 0.6 is 0 Å². The van der Waals surface area contributed by atoms with Gasteiger partial charge in [0.05, 0.1) is 6.10 Å². The zero-order valence-corrected chi connectivity index (χ0v) is 12.0. The van der Waals surface area contributed by atoms with E-state index in [0.29, 0.717) is 19.8 Å². The summed E-state index contributed by atoms with van der Waals surface area (Å²) in [5.41, 5.74) is 0.993. The van der Waals surface area contributed by atoms with Gasteiger partial charge in [0.25, 0.3) is 0 Å². The Morgan fingerprint density at radius 1 is 1.26 bits per heavy atom. The number of nitrogens with zero attached hydrogens (tertiary/aromatic N) is 1. The lowest BCUT2D eigenvalue weighted by Crippen LogP contribution is -2.29. The topological polar surface area (TPSA) is 38.8 Å². The van der Waals surface area contributed by atoms with E-state index >= 15 is 0 Å². The highest BCUT2D eigenvalue weighted by Crippen LogP contribution is 2.03. The second-order valence-corrected chi connectivity index (χ2v) is 4.73. The van der Waals surface area contributed by atoms with Crippen LogP contribution in [0, 0.1) is 0 Å². The molecule has 0 spiro atoms. The molecule has 106 valence electrons. The molecule has 4 nitrogen and oxygen atoms in total. The zero-order chi connectivity index (χ0) is 14.1. The van der Waals surface area contributed by atoms with Gasteiger partial charge in [0.1, 0.15) is 6.61 Å². The lowest BCUT2D eigenvalue weighted by atomic mass is 10.2. The highest BCUT2D eigenvalue weighted by Gasteiger charge is 2.09. The van der Waals surface area contributed by atoms with Gasteiger partial charge in [-0.05, 0) is 25.8 Å². The van der Waals surface area contributed by atoms with E-state index in [9.17, 15) is 4.79 Å². The van der Waals surface area contributed by atoms with E-state index in [4.69, 9.17) is 9.47 Å². The molecule has 0 unspecified atom stereocenters. The van der Waals surface area contributed by atoms with E-state index in [2.05, 4.69) is 0 Å². The number of hydrogen-bond donors (Lipinski definition) is 0. The number of amides is 1. The third kappa shape index (κ3) is 6.82. The number of carbonyl (C=O) groups is 1. The third-order valence-electron chi connectivity index (χ3n) is 2.61. The Kier molecular flexibility index (Phi) is 6.97. The maximum Gasteiger partial charge on any atom is 0.409 e. The standard InChI is InChI=1S/C15H23NO3/c1-13(2)18-11-7-10-16(3)15(17)19-12-14-8-5-4-6-9-14/h4-6,8-9,13H,7,10-12H2,1-3H3. The number of carbonyl (C=O) groups excluding carboxylic acids is 1. The van der Waals surface area contributed by atoms with E-state index in [1.807, 2.05) is 44.2 Å². The first-order valence-electron chi connectivity index (χ1n) is 6.63. The molecule has 0 saturated carbocycles. The van der Waals surface area contributed by atoms with Gasteiger partial charge in [-0.15, -0.1) is 0 Å². The summed E-state index contributed by atoms with van der Waals surface area (Å²) >= 11 is 0. The van der Waals surface area contributed by atoms with Crippen molar-refractivity contribution in [2.24, 2.45) is 0 Å². The largest absolute Gasteiger partial charge is 0.445 e. The summed E-state index contributed by atoms with van der Waals surface area (Å²) in [4.78, 5) is 13.3. The molecular weight excluding hydrogens is 242 g/mol. The van der Waals surface area contributed by atoms with Gasteiger partial charge in [0.15, 0.2) is 0 Å². The third-order valence-corrected chi connectivity index (χ3v) is 2.61. The molecular formula is C15H23NO3. The molecule has 0 aliphatic heterocycles. The van der Waals surface area contributed by atoms with Crippen molar-refractivity contribution < 1.29 is 14.3 Å². The molecule has 0 bridgehead atoms. The van der Waals surface area contributed by atoms with Crippen LogP contribution in [0.5, 0.6) is 0 Å². The van der Waals surface area contributed by atoms with Crippen molar-refractivity contribution in [3.05, 3.63) is 35.9 Å². The average Bonchev–Trinajstić information content (AvgIpc) is 2.41. The minimum absolute atomic E-state index is 0.232. The molecule has 0 fully saturated rings. The molecule has 0 aliphatic rings. The van der Waals surface area contributed by atoms with Gasteiger partial charge in [-0.25, -0.2) is 4.79 Å². The lowest BCUT2D eigenvalue weighted by Gasteiger charge is -2.17. The van der Waals surface area contributed by atoms with Gasteiger partial charge in [0.2, 0.25) is 0 Å². The summed E-state index contributed by atoms with van der Waals surface area (Å²) in [7, 11) is 1.74. The molecule has 0 aliphatic carbocycles. The Labute approximate surface area is 115 Å².